The molecule has 0 saturated carbocycles. The van der Waals surface area contributed by atoms with E-state index < -0.39 is 0 Å². The molecule has 0 atom stereocenters. The molecular formula is C62H45BN2. The first-order valence-corrected chi connectivity index (χ1v) is 22.6. The van der Waals surface area contributed by atoms with Crippen LogP contribution in [-0.2, 0) is 0 Å². The Balaban J connectivity index is 1.14. The van der Waals surface area contributed by atoms with Gasteiger partial charge >= 0.3 is 0 Å². The lowest BCUT2D eigenvalue weighted by Gasteiger charge is -2.44. The summed E-state index contributed by atoms with van der Waals surface area (Å²) in [7, 11) is 0. The Kier molecular flexibility index (Phi) is 9.42. The number of rotatable bonds is 7. The summed E-state index contributed by atoms with van der Waals surface area (Å²) >= 11 is 0. The topological polar surface area (TPSA) is 6.48 Å². The number of fused-ring (bicyclic) bond motifs is 4. The van der Waals surface area contributed by atoms with Crippen molar-refractivity contribution in [1.82, 2.24) is 0 Å². The van der Waals surface area contributed by atoms with E-state index >= 15 is 0 Å². The number of nitrogens with zero attached hydrogens (tertiary/aromatic N) is 2. The predicted molar refractivity (Wildman–Crippen MR) is 277 cm³/mol. The van der Waals surface area contributed by atoms with Crippen LogP contribution in [0.3, 0.4) is 0 Å². The molecule has 10 aromatic rings. The smallest absolute Gasteiger partial charge is 0.252 e. The zero-order valence-electron chi connectivity index (χ0n) is 36.5. The molecule has 0 N–H and O–H groups in total. The average Bonchev–Trinajstić information content (AvgIpc) is 3.37. The van der Waals surface area contributed by atoms with E-state index in [-0.39, 0.29) is 6.71 Å². The fourth-order valence-electron chi connectivity index (χ4n) is 10.2. The lowest BCUT2D eigenvalue weighted by atomic mass is 9.33. The molecule has 0 radical (unpaired) electrons. The fourth-order valence-corrected chi connectivity index (χ4v) is 10.2. The highest BCUT2D eigenvalue weighted by Crippen LogP contribution is 2.47. The van der Waals surface area contributed by atoms with Crippen LogP contribution in [0.2, 0.25) is 0 Å². The van der Waals surface area contributed by atoms with E-state index in [9.17, 15) is 0 Å². The van der Waals surface area contributed by atoms with Crippen molar-refractivity contribution < 1.29 is 0 Å². The van der Waals surface area contributed by atoms with Gasteiger partial charge < -0.3 is 9.80 Å². The van der Waals surface area contributed by atoms with E-state index in [1.165, 1.54) is 100 Å². The minimum Gasteiger partial charge on any atom is -0.311 e. The van der Waals surface area contributed by atoms with Crippen LogP contribution in [-0.4, -0.2) is 6.71 Å². The summed E-state index contributed by atoms with van der Waals surface area (Å²) in [6.45, 7) is 4.47. The third-order valence-corrected chi connectivity index (χ3v) is 13.3. The highest BCUT2D eigenvalue weighted by Gasteiger charge is 2.43. The van der Waals surface area contributed by atoms with E-state index in [1.54, 1.807) is 0 Å². The number of hydrogen-bond acceptors (Lipinski definition) is 2. The van der Waals surface area contributed by atoms with Crippen LogP contribution < -0.4 is 26.2 Å². The van der Waals surface area contributed by atoms with Gasteiger partial charge in [-0.3, -0.25) is 0 Å². The van der Waals surface area contributed by atoms with Crippen molar-refractivity contribution in [2.45, 2.75) is 13.8 Å². The van der Waals surface area contributed by atoms with Gasteiger partial charge in [-0.1, -0.05) is 181 Å². The molecule has 0 bridgehead atoms. The Morgan fingerprint density at radius 2 is 0.569 bits per heavy atom. The molecule has 2 nitrogen and oxygen atoms in total. The van der Waals surface area contributed by atoms with Gasteiger partial charge in [-0.2, -0.15) is 0 Å². The second-order valence-electron chi connectivity index (χ2n) is 17.5. The first-order valence-electron chi connectivity index (χ1n) is 22.6. The predicted octanol–water partition coefficient (Wildman–Crippen LogP) is 14.7. The summed E-state index contributed by atoms with van der Waals surface area (Å²) in [5.74, 6) is 0. The maximum atomic E-state index is 2.53. The Hall–Kier alpha value is -8.14. The molecule has 2 heterocycles. The van der Waals surface area contributed by atoms with Gasteiger partial charge in [0, 0.05) is 34.1 Å². The van der Waals surface area contributed by atoms with E-state index in [2.05, 4.69) is 260 Å². The molecule has 65 heavy (non-hydrogen) atoms. The van der Waals surface area contributed by atoms with E-state index in [0.29, 0.717) is 0 Å². The SMILES string of the molecule is Cc1ccc2c(c1)B1c3cc(C)ccc3N(c3ccc(-c4ccccc4)cc3)c3cc(-c4cc(-c5ccccc5)cc(-c5ccccc5)c4)cc(c31)N2c1ccc(-c2ccccc2)cc1. The third kappa shape index (κ3) is 6.85. The Morgan fingerprint density at radius 3 is 0.938 bits per heavy atom. The van der Waals surface area contributed by atoms with Gasteiger partial charge in [-0.05, 0) is 153 Å². The minimum atomic E-state index is 0.0223. The number of benzene rings is 10. The Labute approximate surface area is 382 Å². The molecule has 12 rings (SSSR count). The molecule has 0 saturated heterocycles. The number of aryl methyl sites for hydroxylation is 2. The zero-order chi connectivity index (χ0) is 43.4. The van der Waals surface area contributed by atoms with Crippen LogP contribution in [0.4, 0.5) is 34.1 Å². The van der Waals surface area contributed by atoms with Crippen LogP contribution in [0.15, 0.2) is 237 Å². The van der Waals surface area contributed by atoms with Crippen molar-refractivity contribution in [3.63, 3.8) is 0 Å². The Bertz CT molecular complexity index is 3150. The molecule has 0 aromatic heterocycles. The zero-order valence-corrected chi connectivity index (χ0v) is 36.5. The summed E-state index contributed by atoms with van der Waals surface area (Å²) in [6, 6.07) is 87.4. The van der Waals surface area contributed by atoms with Crippen molar-refractivity contribution in [3.05, 3.63) is 248 Å². The van der Waals surface area contributed by atoms with Gasteiger partial charge in [-0.15, -0.1) is 0 Å². The molecule has 306 valence electrons. The molecule has 0 unspecified atom stereocenters. The first-order chi connectivity index (χ1) is 32.0. The molecular weight excluding hydrogens is 784 g/mol. The minimum absolute atomic E-state index is 0.0223. The van der Waals surface area contributed by atoms with Crippen molar-refractivity contribution in [3.8, 4) is 55.6 Å². The quantitative estimate of drug-likeness (QED) is 0.148. The Morgan fingerprint density at radius 1 is 0.262 bits per heavy atom. The molecule has 0 fully saturated rings. The number of hydrogen-bond donors (Lipinski definition) is 0. The highest BCUT2D eigenvalue weighted by molar-refractivity contribution is 7.00. The fraction of sp³-hybridized carbons (Fsp3) is 0.0323. The van der Waals surface area contributed by atoms with Crippen molar-refractivity contribution in [1.29, 1.82) is 0 Å². The van der Waals surface area contributed by atoms with Crippen LogP contribution in [0.5, 0.6) is 0 Å². The van der Waals surface area contributed by atoms with Crippen LogP contribution in [0.25, 0.3) is 55.6 Å². The van der Waals surface area contributed by atoms with E-state index in [0.717, 1.165) is 16.9 Å². The lowest BCUT2D eigenvalue weighted by Crippen LogP contribution is -2.61. The van der Waals surface area contributed by atoms with Crippen LogP contribution >= 0.6 is 0 Å². The first kappa shape index (κ1) is 38.5. The van der Waals surface area contributed by atoms with Gasteiger partial charge in [0.25, 0.3) is 6.71 Å². The maximum Gasteiger partial charge on any atom is 0.252 e. The highest BCUT2D eigenvalue weighted by atomic mass is 15.2. The van der Waals surface area contributed by atoms with Crippen LogP contribution in [0.1, 0.15) is 11.1 Å². The van der Waals surface area contributed by atoms with Crippen LogP contribution in [0, 0.1) is 13.8 Å². The number of anilines is 6. The van der Waals surface area contributed by atoms with Crippen molar-refractivity contribution in [2.75, 3.05) is 9.80 Å². The summed E-state index contributed by atoms with van der Waals surface area (Å²) in [4.78, 5) is 5.05. The molecule has 0 amide bonds. The summed E-state index contributed by atoms with van der Waals surface area (Å²) in [5, 5.41) is 0. The second-order valence-corrected chi connectivity index (χ2v) is 17.5. The molecule has 0 aliphatic carbocycles. The molecule has 2 aliphatic heterocycles. The van der Waals surface area contributed by atoms with Gasteiger partial charge in [0.1, 0.15) is 0 Å². The standard InChI is InChI=1S/C62H45BN2/c1-42-23-33-58-56(35-42)63-57-36-43(2)24-34-59(57)65(55-31-27-49(28-32-55)45-17-9-4-10-18-45)61-41-53(40-60(62(61)63)64(58)54-29-25-48(26-30-54)44-15-7-3-8-16-44)52-38-50(46-19-11-5-12-20-46)37-51(39-52)47-21-13-6-14-22-47/h3-41H,1-2H3. The van der Waals surface area contributed by atoms with Crippen molar-refractivity contribution in [2.24, 2.45) is 0 Å². The van der Waals surface area contributed by atoms with Gasteiger partial charge in [-0.25, -0.2) is 0 Å². The molecule has 10 aromatic carbocycles. The van der Waals surface area contributed by atoms with E-state index in [4.69, 9.17) is 0 Å². The van der Waals surface area contributed by atoms with Crippen molar-refractivity contribution >= 4 is 57.2 Å². The summed E-state index contributed by atoms with van der Waals surface area (Å²) < 4.78 is 0. The summed E-state index contributed by atoms with van der Waals surface area (Å²) in [5.41, 5.74) is 25.4. The van der Waals surface area contributed by atoms with Gasteiger partial charge in [0.05, 0.1) is 0 Å². The molecule has 2 aliphatic rings. The second kappa shape index (κ2) is 15.9. The van der Waals surface area contributed by atoms with Gasteiger partial charge in [0.15, 0.2) is 0 Å². The van der Waals surface area contributed by atoms with E-state index in [1.807, 2.05) is 0 Å². The molecule has 3 heteroatoms. The molecule has 0 spiro atoms. The summed E-state index contributed by atoms with van der Waals surface area (Å²) in [6.07, 6.45) is 0. The van der Waals surface area contributed by atoms with Gasteiger partial charge in [0.2, 0.25) is 0 Å². The third-order valence-electron chi connectivity index (χ3n) is 13.3. The maximum absolute atomic E-state index is 2.53. The lowest BCUT2D eigenvalue weighted by molar-refractivity contribution is 1.25. The largest absolute Gasteiger partial charge is 0.311 e. The monoisotopic (exact) mass is 828 g/mol. The average molecular weight is 829 g/mol. The normalized spacial score (nSPS) is 12.4.